The molecular weight excluding hydrogens is 184 g/mol. The van der Waals surface area contributed by atoms with Crippen LogP contribution in [0.25, 0.3) is 0 Å². The lowest BCUT2D eigenvalue weighted by Crippen LogP contribution is -2.31. The predicted octanol–water partition coefficient (Wildman–Crippen LogP) is -0.159. The Morgan fingerprint density at radius 3 is 2.29 bits per heavy atom. The summed E-state index contributed by atoms with van der Waals surface area (Å²) < 4.78 is 0. The Morgan fingerprint density at radius 2 is 1.86 bits per heavy atom. The van der Waals surface area contributed by atoms with E-state index in [2.05, 4.69) is 0 Å². The zero-order valence-corrected chi connectivity index (χ0v) is 7.59. The summed E-state index contributed by atoms with van der Waals surface area (Å²) in [4.78, 5) is 0. The summed E-state index contributed by atoms with van der Waals surface area (Å²) in [5.41, 5.74) is 8.56. The van der Waals surface area contributed by atoms with Crippen LogP contribution in [-0.2, 0) is 0 Å². The van der Waals surface area contributed by atoms with Crippen LogP contribution in [0.3, 0.4) is 0 Å². The van der Waals surface area contributed by atoms with Crippen LogP contribution in [0.15, 0.2) is 24.3 Å². The third-order valence-electron chi connectivity index (χ3n) is 2.00. The molecule has 0 aliphatic carbocycles. The topological polar surface area (TPSA) is 98.7 Å². The summed E-state index contributed by atoms with van der Waals surface area (Å²) in [5.74, 6) is 0. The highest BCUT2D eigenvalue weighted by Crippen LogP contribution is 2.17. The summed E-state index contributed by atoms with van der Waals surface area (Å²) in [6.45, 7) is -0.277. The second-order valence-corrected chi connectivity index (χ2v) is 3.03. The molecule has 0 saturated heterocycles. The average molecular weight is 198 g/mol. The van der Waals surface area contributed by atoms with Crippen LogP contribution in [0.5, 0.6) is 0 Å². The smallest absolute Gasteiger partial charge is 0.0963 e. The fourth-order valence-corrected chi connectivity index (χ4v) is 1.10. The van der Waals surface area contributed by atoms with Crippen molar-refractivity contribution in [3.63, 3.8) is 0 Å². The Balaban J connectivity index is 2.75. The van der Waals surface area contributed by atoms with Crippen LogP contribution in [0, 0.1) is 0 Å². The van der Waals surface area contributed by atoms with Crippen molar-refractivity contribution < 1.29 is 15.4 Å². The fourth-order valence-electron chi connectivity index (χ4n) is 1.10. The van der Waals surface area contributed by atoms with E-state index in [1.54, 1.807) is 24.3 Å². The first-order valence-electron chi connectivity index (χ1n) is 4.23. The molecule has 0 radical (unpaired) electrons. The number of hydrogen-bond acceptors (Lipinski definition) is 5. The van der Waals surface area contributed by atoms with Crippen molar-refractivity contribution in [1.29, 1.82) is 0 Å². The summed E-state index contributed by atoms with van der Waals surface area (Å²) in [6, 6.07) is 5.76. The minimum atomic E-state index is -0.896. The van der Waals surface area contributed by atoms with Gasteiger partial charge in [0.05, 0.1) is 24.4 Å². The molecule has 0 bridgehead atoms. The van der Waals surface area contributed by atoms with Crippen molar-refractivity contribution >= 4 is 5.69 Å². The zero-order valence-electron chi connectivity index (χ0n) is 7.59. The third kappa shape index (κ3) is 2.43. The lowest BCUT2D eigenvalue weighted by Gasteiger charge is -2.16. The number of nitrogens with one attached hydrogen (secondary N) is 1. The van der Waals surface area contributed by atoms with E-state index in [1.165, 1.54) is 0 Å². The van der Waals surface area contributed by atoms with Gasteiger partial charge in [-0.3, -0.25) is 10.7 Å². The molecule has 2 atom stereocenters. The first-order valence-corrected chi connectivity index (χ1v) is 4.23. The van der Waals surface area contributed by atoms with Crippen molar-refractivity contribution in [2.75, 3.05) is 12.1 Å². The SMILES string of the molecule is N[C@H](CO)[C@H](O)c1ccc(NO)cc1. The van der Waals surface area contributed by atoms with E-state index in [1.807, 2.05) is 5.48 Å². The maximum Gasteiger partial charge on any atom is 0.0963 e. The largest absolute Gasteiger partial charge is 0.395 e. The summed E-state index contributed by atoms with van der Waals surface area (Å²) >= 11 is 0. The van der Waals surface area contributed by atoms with Crippen LogP contribution in [0.2, 0.25) is 0 Å². The van der Waals surface area contributed by atoms with Gasteiger partial charge in [0.15, 0.2) is 0 Å². The molecular formula is C9H14N2O3. The van der Waals surface area contributed by atoms with Crippen molar-refractivity contribution in [2.24, 2.45) is 5.73 Å². The maximum atomic E-state index is 9.58. The van der Waals surface area contributed by atoms with Crippen LogP contribution in [0.1, 0.15) is 11.7 Å². The number of anilines is 1. The van der Waals surface area contributed by atoms with Gasteiger partial charge < -0.3 is 15.9 Å². The van der Waals surface area contributed by atoms with Crippen molar-refractivity contribution in [3.05, 3.63) is 29.8 Å². The monoisotopic (exact) mass is 198 g/mol. The molecule has 0 unspecified atom stereocenters. The van der Waals surface area contributed by atoms with E-state index >= 15 is 0 Å². The lowest BCUT2D eigenvalue weighted by molar-refractivity contribution is 0.109. The van der Waals surface area contributed by atoms with Gasteiger partial charge in [0.25, 0.3) is 0 Å². The van der Waals surface area contributed by atoms with Gasteiger partial charge in [0.1, 0.15) is 0 Å². The maximum absolute atomic E-state index is 9.58. The molecule has 0 amide bonds. The molecule has 1 aromatic carbocycles. The molecule has 0 heterocycles. The van der Waals surface area contributed by atoms with Gasteiger partial charge in [0.2, 0.25) is 0 Å². The Kier molecular flexibility index (Phi) is 3.84. The van der Waals surface area contributed by atoms with E-state index in [-0.39, 0.29) is 6.61 Å². The fraction of sp³-hybridized carbons (Fsp3) is 0.333. The second kappa shape index (κ2) is 4.92. The van der Waals surface area contributed by atoms with Crippen molar-refractivity contribution in [2.45, 2.75) is 12.1 Å². The van der Waals surface area contributed by atoms with Gasteiger partial charge in [-0.05, 0) is 17.7 Å². The first kappa shape index (κ1) is 10.9. The molecule has 1 rings (SSSR count). The Labute approximate surface area is 81.8 Å². The molecule has 5 heteroatoms. The molecule has 5 nitrogen and oxygen atoms in total. The quantitative estimate of drug-likeness (QED) is 0.433. The first-order chi connectivity index (χ1) is 6.69. The molecule has 1 aromatic rings. The zero-order chi connectivity index (χ0) is 10.6. The summed E-state index contributed by atoms with van der Waals surface area (Å²) in [6.07, 6.45) is -0.896. The number of benzene rings is 1. The van der Waals surface area contributed by atoms with Crippen molar-refractivity contribution in [3.8, 4) is 0 Å². The molecule has 0 aliphatic heterocycles. The highest BCUT2D eigenvalue weighted by atomic mass is 16.5. The molecule has 6 N–H and O–H groups in total. The average Bonchev–Trinajstić information content (AvgIpc) is 2.27. The highest BCUT2D eigenvalue weighted by molar-refractivity contribution is 5.42. The number of nitrogens with two attached hydrogens (primary N) is 1. The van der Waals surface area contributed by atoms with Gasteiger partial charge in [-0.1, -0.05) is 12.1 Å². The van der Waals surface area contributed by atoms with Gasteiger partial charge in [0, 0.05) is 0 Å². The highest BCUT2D eigenvalue weighted by Gasteiger charge is 2.15. The van der Waals surface area contributed by atoms with E-state index in [0.717, 1.165) is 0 Å². The second-order valence-electron chi connectivity index (χ2n) is 3.03. The van der Waals surface area contributed by atoms with E-state index < -0.39 is 12.1 Å². The molecule has 0 saturated carbocycles. The van der Waals surface area contributed by atoms with E-state index in [9.17, 15) is 5.11 Å². The molecule has 0 aromatic heterocycles. The van der Waals surface area contributed by atoms with Crippen LogP contribution in [0.4, 0.5) is 5.69 Å². The number of aliphatic hydroxyl groups excluding tert-OH is 2. The Morgan fingerprint density at radius 1 is 1.29 bits per heavy atom. The molecule has 0 aliphatic rings. The van der Waals surface area contributed by atoms with Gasteiger partial charge in [-0.2, -0.15) is 0 Å². The van der Waals surface area contributed by atoms with E-state index in [0.29, 0.717) is 11.3 Å². The van der Waals surface area contributed by atoms with Crippen LogP contribution < -0.4 is 11.2 Å². The summed E-state index contributed by atoms with van der Waals surface area (Å²) in [5, 5.41) is 26.9. The van der Waals surface area contributed by atoms with Crippen LogP contribution >= 0.6 is 0 Å². The number of hydrogen-bond donors (Lipinski definition) is 5. The molecule has 78 valence electrons. The third-order valence-corrected chi connectivity index (χ3v) is 2.00. The van der Waals surface area contributed by atoms with Gasteiger partial charge >= 0.3 is 0 Å². The Hall–Kier alpha value is -1.14. The standard InChI is InChI=1S/C9H14N2O3/c10-8(5-12)9(13)6-1-3-7(11-14)4-2-6/h1-4,8-9,11-14H,5,10H2/t8-,9-/m1/s1. The predicted molar refractivity (Wildman–Crippen MR) is 51.9 cm³/mol. The molecule has 14 heavy (non-hydrogen) atoms. The van der Waals surface area contributed by atoms with E-state index in [4.69, 9.17) is 16.0 Å². The number of aliphatic hydroxyl groups is 2. The van der Waals surface area contributed by atoms with Gasteiger partial charge in [-0.25, -0.2) is 0 Å². The minimum Gasteiger partial charge on any atom is -0.395 e. The number of rotatable bonds is 4. The Bertz CT molecular complexity index is 276. The summed E-state index contributed by atoms with van der Waals surface area (Å²) in [7, 11) is 0. The molecule has 0 spiro atoms. The molecule has 0 fully saturated rings. The van der Waals surface area contributed by atoms with Crippen LogP contribution in [-0.4, -0.2) is 28.1 Å². The normalized spacial score (nSPS) is 14.9. The van der Waals surface area contributed by atoms with Gasteiger partial charge in [-0.15, -0.1) is 0 Å². The van der Waals surface area contributed by atoms with Crippen molar-refractivity contribution in [1.82, 2.24) is 0 Å². The minimum absolute atomic E-state index is 0.277. The lowest BCUT2D eigenvalue weighted by atomic mass is 10.0.